The molecule has 5 aromatic rings. The highest BCUT2D eigenvalue weighted by atomic mass is 35.5. The van der Waals surface area contributed by atoms with Crippen LogP contribution in [0.2, 0.25) is 5.02 Å². The Bertz CT molecular complexity index is 1650. The molecule has 0 fully saturated rings. The zero-order valence-corrected chi connectivity index (χ0v) is 20.8. The van der Waals surface area contributed by atoms with Gasteiger partial charge in [-0.25, -0.2) is 9.48 Å². The van der Waals surface area contributed by atoms with Gasteiger partial charge in [0.2, 0.25) is 5.91 Å². The van der Waals surface area contributed by atoms with Crippen molar-refractivity contribution in [3.63, 3.8) is 0 Å². The fraction of sp³-hybridized carbons (Fsp3) is 0.0690. The number of aliphatic carboxylic acids is 1. The molecule has 0 aliphatic rings. The first-order chi connectivity index (χ1) is 18.4. The monoisotopic (exact) mass is 526 g/mol. The molecule has 0 radical (unpaired) electrons. The van der Waals surface area contributed by atoms with Crippen molar-refractivity contribution < 1.29 is 19.8 Å². The lowest BCUT2D eigenvalue weighted by Crippen LogP contribution is -2.41. The molecule has 0 bridgehead atoms. The second-order valence-corrected chi connectivity index (χ2v) is 9.14. The van der Waals surface area contributed by atoms with Crippen LogP contribution in [-0.4, -0.2) is 42.9 Å². The summed E-state index contributed by atoms with van der Waals surface area (Å²) < 4.78 is 1.64. The topological polar surface area (TPSA) is 120 Å². The summed E-state index contributed by atoms with van der Waals surface area (Å²) in [5.41, 5.74) is 4.35. The van der Waals surface area contributed by atoms with E-state index in [-0.39, 0.29) is 12.2 Å². The van der Waals surface area contributed by atoms with E-state index < -0.39 is 17.9 Å². The van der Waals surface area contributed by atoms with Gasteiger partial charge in [-0.05, 0) is 60.2 Å². The Hall–Kier alpha value is -4.82. The molecule has 2 heterocycles. The van der Waals surface area contributed by atoms with Crippen LogP contribution >= 0.6 is 11.6 Å². The average molecular weight is 527 g/mol. The van der Waals surface area contributed by atoms with Crippen LogP contribution in [0.15, 0.2) is 91.3 Å². The van der Waals surface area contributed by atoms with Crippen LogP contribution in [0.5, 0.6) is 5.75 Å². The first-order valence-corrected chi connectivity index (χ1v) is 12.2. The highest BCUT2D eigenvalue weighted by molar-refractivity contribution is 6.30. The largest absolute Gasteiger partial charge is 0.508 e. The molecule has 8 nitrogen and oxygen atoms in total. The maximum absolute atomic E-state index is 12.8. The van der Waals surface area contributed by atoms with Crippen molar-refractivity contribution in [1.82, 2.24) is 20.1 Å². The maximum Gasteiger partial charge on any atom is 0.326 e. The lowest BCUT2D eigenvalue weighted by atomic mass is 10.0. The third-order valence-electron chi connectivity index (χ3n) is 6.08. The molecule has 2 aromatic heterocycles. The number of nitrogens with zero attached hydrogens (tertiary/aromatic N) is 2. The van der Waals surface area contributed by atoms with Crippen molar-refractivity contribution in [2.75, 3.05) is 0 Å². The van der Waals surface area contributed by atoms with Crippen molar-refractivity contribution in [3.8, 4) is 22.7 Å². The lowest BCUT2D eigenvalue weighted by Gasteiger charge is -2.12. The van der Waals surface area contributed by atoms with Crippen LogP contribution in [0, 0.1) is 0 Å². The lowest BCUT2D eigenvalue weighted by molar-refractivity contribution is -0.141. The number of carboxylic acids is 1. The summed E-state index contributed by atoms with van der Waals surface area (Å²) in [7, 11) is 0. The highest BCUT2D eigenvalue weighted by Gasteiger charge is 2.21. The second-order valence-electron chi connectivity index (χ2n) is 8.70. The molecule has 5 rings (SSSR count). The SMILES string of the molecule is O=C(C=Cc1cn(-c2cccc(Cl)c2)nc1-c1ccc(O)cc1)N[C@@H](Cc1c[nH]c2ccccc12)C(=O)O. The Morgan fingerprint density at radius 2 is 1.87 bits per heavy atom. The maximum atomic E-state index is 12.8. The van der Waals surface area contributed by atoms with Gasteiger partial charge in [-0.15, -0.1) is 0 Å². The van der Waals surface area contributed by atoms with E-state index in [2.05, 4.69) is 15.4 Å². The quantitative estimate of drug-likeness (QED) is 0.207. The van der Waals surface area contributed by atoms with Gasteiger partial charge in [-0.3, -0.25) is 4.79 Å². The van der Waals surface area contributed by atoms with Crippen LogP contribution in [0.4, 0.5) is 0 Å². The number of aromatic hydroxyl groups is 1. The molecular weight excluding hydrogens is 504 g/mol. The predicted molar refractivity (Wildman–Crippen MR) is 146 cm³/mol. The van der Waals surface area contributed by atoms with Crippen LogP contribution in [-0.2, 0) is 16.0 Å². The number of phenolic OH excluding ortho intramolecular Hbond substituents is 1. The third-order valence-corrected chi connectivity index (χ3v) is 6.32. The molecule has 0 unspecified atom stereocenters. The molecule has 0 saturated heterocycles. The minimum absolute atomic E-state index is 0.120. The zero-order chi connectivity index (χ0) is 26.6. The minimum atomic E-state index is -1.13. The Morgan fingerprint density at radius 3 is 2.63 bits per heavy atom. The van der Waals surface area contributed by atoms with Gasteiger partial charge in [0.1, 0.15) is 11.8 Å². The number of aromatic amines is 1. The number of fused-ring (bicyclic) bond motifs is 1. The summed E-state index contributed by atoms with van der Waals surface area (Å²) in [6.45, 7) is 0. The number of hydrogen-bond acceptors (Lipinski definition) is 4. The first-order valence-electron chi connectivity index (χ1n) is 11.8. The number of halogens is 1. The number of rotatable bonds is 8. The van der Waals surface area contributed by atoms with Gasteiger partial charge in [0.25, 0.3) is 0 Å². The van der Waals surface area contributed by atoms with Crippen molar-refractivity contribution in [1.29, 1.82) is 0 Å². The van der Waals surface area contributed by atoms with Gasteiger partial charge < -0.3 is 20.5 Å². The van der Waals surface area contributed by atoms with Crippen molar-refractivity contribution >= 4 is 40.5 Å². The first kappa shape index (κ1) is 24.9. The summed E-state index contributed by atoms with van der Waals surface area (Å²) in [5.74, 6) is -1.56. The van der Waals surface area contributed by atoms with E-state index in [1.807, 2.05) is 36.4 Å². The number of H-pyrrole nitrogens is 1. The Kier molecular flexibility index (Phi) is 6.97. The van der Waals surface area contributed by atoms with Crippen LogP contribution in [0.1, 0.15) is 11.1 Å². The summed E-state index contributed by atoms with van der Waals surface area (Å²) in [6, 6.07) is 20.2. The van der Waals surface area contributed by atoms with E-state index >= 15 is 0 Å². The third kappa shape index (κ3) is 5.45. The molecule has 1 amide bonds. The van der Waals surface area contributed by atoms with Crippen molar-refractivity contribution in [3.05, 3.63) is 107 Å². The van der Waals surface area contributed by atoms with E-state index in [0.29, 0.717) is 16.3 Å². The molecule has 0 spiro atoms. The van der Waals surface area contributed by atoms with Gasteiger partial charge >= 0.3 is 5.97 Å². The number of carboxylic acid groups (broad SMARTS) is 1. The molecule has 0 saturated carbocycles. The molecule has 38 heavy (non-hydrogen) atoms. The fourth-order valence-corrected chi connectivity index (χ4v) is 4.39. The van der Waals surface area contributed by atoms with E-state index in [1.54, 1.807) is 59.5 Å². The van der Waals surface area contributed by atoms with E-state index in [9.17, 15) is 19.8 Å². The number of carbonyl (C=O) groups excluding carboxylic acids is 1. The number of carbonyl (C=O) groups is 2. The molecule has 9 heteroatoms. The van der Waals surface area contributed by atoms with E-state index in [4.69, 9.17) is 11.6 Å². The Morgan fingerprint density at radius 1 is 1.08 bits per heavy atom. The number of hydrogen-bond donors (Lipinski definition) is 4. The molecule has 4 N–H and O–H groups in total. The Balaban J connectivity index is 1.40. The average Bonchev–Trinajstić information content (AvgIpc) is 3.52. The van der Waals surface area contributed by atoms with Gasteiger partial charge in [0.15, 0.2) is 0 Å². The predicted octanol–water partition coefficient (Wildman–Crippen LogP) is 5.20. The minimum Gasteiger partial charge on any atom is -0.508 e. The molecule has 3 aromatic carbocycles. The van der Waals surface area contributed by atoms with Crippen LogP contribution < -0.4 is 5.32 Å². The number of benzene rings is 3. The summed E-state index contributed by atoms with van der Waals surface area (Å²) in [4.78, 5) is 27.8. The van der Waals surface area contributed by atoms with Crippen molar-refractivity contribution in [2.45, 2.75) is 12.5 Å². The summed E-state index contributed by atoms with van der Waals surface area (Å²) in [5, 5.41) is 28.1. The number of aromatic nitrogens is 3. The van der Waals surface area contributed by atoms with Gasteiger partial charge in [0.05, 0.1) is 11.4 Å². The van der Waals surface area contributed by atoms with E-state index in [1.165, 1.54) is 6.08 Å². The molecule has 0 aliphatic heterocycles. The normalized spacial score (nSPS) is 12.1. The number of phenols is 1. The van der Waals surface area contributed by atoms with Gasteiger partial charge in [-0.1, -0.05) is 35.9 Å². The highest BCUT2D eigenvalue weighted by Crippen LogP contribution is 2.27. The smallest absolute Gasteiger partial charge is 0.326 e. The summed E-state index contributed by atoms with van der Waals surface area (Å²) >= 11 is 6.15. The number of amides is 1. The molecular formula is C29H23ClN4O4. The fourth-order valence-electron chi connectivity index (χ4n) is 4.21. The van der Waals surface area contributed by atoms with Crippen LogP contribution in [0.25, 0.3) is 33.9 Å². The second kappa shape index (κ2) is 10.7. The van der Waals surface area contributed by atoms with Crippen molar-refractivity contribution in [2.24, 2.45) is 0 Å². The molecule has 190 valence electrons. The Labute approximate surface area is 222 Å². The number of para-hydroxylation sites is 1. The standard InChI is InChI=1S/C29H23ClN4O4/c30-21-4-3-5-22(15-21)34-17-19(28(33-34)18-8-11-23(35)12-9-18)10-13-27(36)32-26(29(37)38)14-20-16-31-25-7-2-1-6-24(20)25/h1-13,15-17,26,31,35H,14H2,(H,32,36)(H,37,38)/t26-/m0/s1. The van der Waals surface area contributed by atoms with Crippen LogP contribution in [0.3, 0.4) is 0 Å². The molecule has 1 atom stereocenters. The zero-order valence-electron chi connectivity index (χ0n) is 20.0. The summed E-state index contributed by atoms with van der Waals surface area (Å²) in [6.07, 6.45) is 6.50. The number of nitrogens with one attached hydrogen (secondary N) is 2. The van der Waals surface area contributed by atoms with E-state index in [0.717, 1.165) is 27.7 Å². The van der Waals surface area contributed by atoms with Gasteiger partial charge in [0, 0.05) is 51.9 Å². The van der Waals surface area contributed by atoms with Gasteiger partial charge in [-0.2, -0.15) is 5.10 Å². The molecule has 0 aliphatic carbocycles.